The van der Waals surface area contributed by atoms with E-state index >= 15 is 0 Å². The number of rotatable bonds is 2. The van der Waals surface area contributed by atoms with Gasteiger partial charge in [-0.1, -0.05) is 6.92 Å². The molecule has 2 heterocycles. The molecule has 0 atom stereocenters. The second-order valence-electron chi connectivity index (χ2n) is 4.42. The maximum atomic E-state index is 11.5. The third-order valence-corrected chi connectivity index (χ3v) is 3.10. The highest BCUT2D eigenvalue weighted by Crippen LogP contribution is 2.18. The third-order valence-electron chi connectivity index (χ3n) is 3.10. The number of carboxylic acids is 1. The first kappa shape index (κ1) is 11.6. The topological polar surface area (TPSA) is 86.3 Å². The molecule has 1 aromatic heterocycles. The van der Waals surface area contributed by atoms with E-state index in [1.807, 2.05) is 4.90 Å². The van der Waals surface area contributed by atoms with Crippen LogP contribution in [0.15, 0.2) is 11.0 Å². The Hall–Kier alpha value is -1.85. The SMILES string of the molecule is CC1CCN(c2ncc(C(=O)O)c(=O)[nH]2)CC1. The monoisotopic (exact) mass is 237 g/mol. The van der Waals surface area contributed by atoms with E-state index in [0.29, 0.717) is 11.9 Å². The molecule has 2 N–H and O–H groups in total. The number of piperidine rings is 1. The Morgan fingerprint density at radius 1 is 1.53 bits per heavy atom. The molecule has 1 aliphatic rings. The molecule has 0 unspecified atom stereocenters. The molecule has 0 spiro atoms. The summed E-state index contributed by atoms with van der Waals surface area (Å²) in [5.41, 5.74) is -0.916. The number of aromatic amines is 1. The molecule has 1 aromatic rings. The molecule has 1 saturated heterocycles. The van der Waals surface area contributed by atoms with E-state index in [2.05, 4.69) is 16.9 Å². The number of hydrogen-bond acceptors (Lipinski definition) is 4. The fourth-order valence-electron chi connectivity index (χ4n) is 1.92. The number of H-pyrrole nitrogens is 1. The zero-order valence-corrected chi connectivity index (χ0v) is 9.64. The van der Waals surface area contributed by atoms with Crippen molar-refractivity contribution in [1.29, 1.82) is 0 Å². The maximum Gasteiger partial charge on any atom is 0.342 e. The minimum Gasteiger partial charge on any atom is -0.477 e. The van der Waals surface area contributed by atoms with E-state index in [1.165, 1.54) is 0 Å². The van der Waals surface area contributed by atoms with Crippen molar-refractivity contribution in [3.8, 4) is 0 Å². The summed E-state index contributed by atoms with van der Waals surface area (Å²) in [6.07, 6.45) is 3.24. The lowest BCUT2D eigenvalue weighted by atomic mass is 10.00. The van der Waals surface area contributed by atoms with E-state index < -0.39 is 11.5 Å². The first-order chi connectivity index (χ1) is 8.08. The van der Waals surface area contributed by atoms with E-state index in [9.17, 15) is 9.59 Å². The van der Waals surface area contributed by atoms with Crippen molar-refractivity contribution in [1.82, 2.24) is 9.97 Å². The van der Waals surface area contributed by atoms with Crippen molar-refractivity contribution in [2.45, 2.75) is 19.8 Å². The van der Waals surface area contributed by atoms with Gasteiger partial charge >= 0.3 is 5.97 Å². The van der Waals surface area contributed by atoms with Gasteiger partial charge in [-0.3, -0.25) is 9.78 Å². The third kappa shape index (κ3) is 2.46. The zero-order valence-electron chi connectivity index (χ0n) is 9.64. The number of aromatic carboxylic acids is 1. The van der Waals surface area contributed by atoms with Gasteiger partial charge in [0.1, 0.15) is 5.56 Å². The number of carboxylic acid groups (broad SMARTS) is 1. The molecule has 6 heteroatoms. The van der Waals surface area contributed by atoms with Crippen LogP contribution >= 0.6 is 0 Å². The van der Waals surface area contributed by atoms with Crippen LogP contribution in [0.5, 0.6) is 0 Å². The number of nitrogens with one attached hydrogen (secondary N) is 1. The Morgan fingerprint density at radius 3 is 2.71 bits per heavy atom. The molecule has 0 amide bonds. The van der Waals surface area contributed by atoms with Crippen LogP contribution in [0.25, 0.3) is 0 Å². The van der Waals surface area contributed by atoms with Gasteiger partial charge in [0.25, 0.3) is 5.56 Å². The molecule has 6 nitrogen and oxygen atoms in total. The van der Waals surface area contributed by atoms with Gasteiger partial charge in [0.15, 0.2) is 0 Å². The van der Waals surface area contributed by atoms with Gasteiger partial charge in [-0.25, -0.2) is 9.78 Å². The molecule has 0 bridgehead atoms. The van der Waals surface area contributed by atoms with Crippen LogP contribution in [0.4, 0.5) is 5.95 Å². The number of hydrogen-bond donors (Lipinski definition) is 2. The normalized spacial score (nSPS) is 17.1. The zero-order chi connectivity index (χ0) is 12.4. The molecule has 92 valence electrons. The van der Waals surface area contributed by atoms with E-state index in [-0.39, 0.29) is 5.56 Å². The van der Waals surface area contributed by atoms with Gasteiger partial charge in [0.05, 0.1) is 6.20 Å². The Morgan fingerprint density at radius 2 is 2.18 bits per heavy atom. The number of carbonyl (C=O) groups is 1. The van der Waals surface area contributed by atoms with Crippen LogP contribution in [0, 0.1) is 5.92 Å². The largest absolute Gasteiger partial charge is 0.477 e. The quantitative estimate of drug-likeness (QED) is 0.790. The highest BCUT2D eigenvalue weighted by Gasteiger charge is 2.18. The van der Waals surface area contributed by atoms with E-state index in [1.54, 1.807) is 0 Å². The second-order valence-corrected chi connectivity index (χ2v) is 4.42. The molecule has 17 heavy (non-hydrogen) atoms. The summed E-state index contributed by atoms with van der Waals surface area (Å²) in [6.45, 7) is 3.88. The fourth-order valence-corrected chi connectivity index (χ4v) is 1.92. The van der Waals surface area contributed by atoms with Gasteiger partial charge in [0.2, 0.25) is 5.95 Å². The molecule has 0 saturated carbocycles. The average Bonchev–Trinajstić information content (AvgIpc) is 2.29. The van der Waals surface area contributed by atoms with Crippen LogP contribution in [0.3, 0.4) is 0 Å². The summed E-state index contributed by atoms with van der Waals surface area (Å²) >= 11 is 0. The predicted molar refractivity (Wildman–Crippen MR) is 62.4 cm³/mol. The molecule has 0 aliphatic carbocycles. The van der Waals surface area contributed by atoms with Crippen molar-refractivity contribution >= 4 is 11.9 Å². The Bertz CT molecular complexity index is 475. The lowest BCUT2D eigenvalue weighted by Gasteiger charge is -2.30. The summed E-state index contributed by atoms with van der Waals surface area (Å²) in [5.74, 6) is -0.0965. The standard InChI is InChI=1S/C11H15N3O3/c1-7-2-4-14(5-3-7)11-12-6-8(10(16)17)9(15)13-11/h6-7H,2-5H2,1H3,(H,16,17)(H,12,13,15). The highest BCUT2D eigenvalue weighted by molar-refractivity contribution is 5.86. The molecule has 2 rings (SSSR count). The fraction of sp³-hybridized carbons (Fsp3) is 0.545. The van der Waals surface area contributed by atoms with Crippen LogP contribution in [-0.4, -0.2) is 34.1 Å². The van der Waals surface area contributed by atoms with Crippen LogP contribution in [0.1, 0.15) is 30.1 Å². The Labute approximate surface area is 98.3 Å². The van der Waals surface area contributed by atoms with Crippen molar-refractivity contribution in [3.63, 3.8) is 0 Å². The van der Waals surface area contributed by atoms with Crippen LogP contribution < -0.4 is 10.5 Å². The minimum atomic E-state index is -1.25. The average molecular weight is 237 g/mol. The molecule has 0 aromatic carbocycles. The Balaban J connectivity index is 2.20. The van der Waals surface area contributed by atoms with Gasteiger partial charge < -0.3 is 10.0 Å². The van der Waals surface area contributed by atoms with E-state index in [0.717, 1.165) is 32.1 Å². The first-order valence-corrected chi connectivity index (χ1v) is 5.65. The molecular weight excluding hydrogens is 222 g/mol. The lowest BCUT2D eigenvalue weighted by Crippen LogP contribution is -2.35. The van der Waals surface area contributed by atoms with Gasteiger partial charge in [0, 0.05) is 13.1 Å². The first-order valence-electron chi connectivity index (χ1n) is 5.65. The Kier molecular flexibility index (Phi) is 3.12. The summed E-state index contributed by atoms with van der Waals surface area (Å²) in [4.78, 5) is 30.7. The number of nitrogens with zero attached hydrogens (tertiary/aromatic N) is 2. The van der Waals surface area contributed by atoms with Crippen molar-refractivity contribution in [2.75, 3.05) is 18.0 Å². The molecule has 1 fully saturated rings. The van der Waals surface area contributed by atoms with Crippen molar-refractivity contribution < 1.29 is 9.90 Å². The van der Waals surface area contributed by atoms with Gasteiger partial charge in [-0.05, 0) is 18.8 Å². The second kappa shape index (κ2) is 4.57. The number of anilines is 1. The highest BCUT2D eigenvalue weighted by atomic mass is 16.4. The summed E-state index contributed by atoms with van der Waals surface area (Å²) in [7, 11) is 0. The van der Waals surface area contributed by atoms with Crippen LogP contribution in [-0.2, 0) is 0 Å². The smallest absolute Gasteiger partial charge is 0.342 e. The van der Waals surface area contributed by atoms with E-state index in [4.69, 9.17) is 5.11 Å². The maximum absolute atomic E-state index is 11.5. The summed E-state index contributed by atoms with van der Waals surface area (Å²) in [6, 6.07) is 0. The predicted octanol–water partition coefficient (Wildman–Crippen LogP) is 0.704. The minimum absolute atomic E-state index is 0.320. The summed E-state index contributed by atoms with van der Waals surface area (Å²) in [5, 5.41) is 8.73. The number of aromatic nitrogens is 2. The van der Waals surface area contributed by atoms with Crippen molar-refractivity contribution in [3.05, 3.63) is 22.1 Å². The van der Waals surface area contributed by atoms with Crippen molar-refractivity contribution in [2.24, 2.45) is 5.92 Å². The molecular formula is C11H15N3O3. The summed E-state index contributed by atoms with van der Waals surface area (Å²) < 4.78 is 0. The van der Waals surface area contributed by atoms with Crippen LogP contribution in [0.2, 0.25) is 0 Å². The molecule has 1 aliphatic heterocycles. The molecule has 0 radical (unpaired) electrons. The lowest BCUT2D eigenvalue weighted by molar-refractivity contribution is 0.0694. The van der Waals surface area contributed by atoms with Gasteiger partial charge in [-0.15, -0.1) is 0 Å². The van der Waals surface area contributed by atoms with Gasteiger partial charge in [-0.2, -0.15) is 0 Å².